The lowest BCUT2D eigenvalue weighted by molar-refractivity contribution is 0.104. The molecule has 1 heterocycles. The monoisotopic (exact) mass is 232 g/mol. The average molecular weight is 232 g/mol. The van der Waals surface area contributed by atoms with Gasteiger partial charge in [-0.1, -0.05) is 6.07 Å². The van der Waals surface area contributed by atoms with Crippen LogP contribution in [0.5, 0.6) is 0 Å². The molecule has 0 radical (unpaired) electrons. The van der Waals surface area contributed by atoms with Crippen molar-refractivity contribution in [1.82, 2.24) is 4.98 Å². The molecular formula is C13H16N2O2. The van der Waals surface area contributed by atoms with Gasteiger partial charge in [0.15, 0.2) is 0 Å². The maximum atomic E-state index is 8.63. The second kappa shape index (κ2) is 5.61. The third-order valence-corrected chi connectivity index (χ3v) is 2.49. The summed E-state index contributed by atoms with van der Waals surface area (Å²) in [7, 11) is 0. The fourth-order valence-corrected chi connectivity index (χ4v) is 1.64. The number of aromatic nitrogens is 1. The van der Waals surface area contributed by atoms with Crippen molar-refractivity contribution in [1.29, 1.82) is 0 Å². The molecule has 0 aliphatic carbocycles. The first-order chi connectivity index (χ1) is 8.29. The highest BCUT2D eigenvalue weighted by Crippen LogP contribution is 2.16. The van der Waals surface area contributed by atoms with Crippen molar-refractivity contribution in [3.8, 4) is 0 Å². The van der Waals surface area contributed by atoms with Crippen molar-refractivity contribution < 1.29 is 9.84 Å². The zero-order valence-corrected chi connectivity index (χ0v) is 9.60. The van der Waals surface area contributed by atoms with Crippen molar-refractivity contribution in [2.75, 3.05) is 18.9 Å². The Balaban J connectivity index is 2.07. The van der Waals surface area contributed by atoms with Crippen LogP contribution in [-0.2, 0) is 11.3 Å². The SMILES string of the molecule is Nc1ccc2cc(COCCCO)ccc2n1. The number of nitrogens with two attached hydrogens (primary N) is 1. The number of anilines is 1. The zero-order chi connectivity index (χ0) is 12.1. The van der Waals surface area contributed by atoms with Crippen LogP contribution in [0.25, 0.3) is 10.9 Å². The lowest BCUT2D eigenvalue weighted by Gasteiger charge is -2.05. The highest BCUT2D eigenvalue weighted by atomic mass is 16.5. The molecule has 0 bridgehead atoms. The van der Waals surface area contributed by atoms with E-state index in [9.17, 15) is 0 Å². The molecule has 0 saturated carbocycles. The maximum absolute atomic E-state index is 8.63. The van der Waals surface area contributed by atoms with Crippen molar-refractivity contribution in [2.45, 2.75) is 13.0 Å². The first kappa shape index (κ1) is 11.8. The van der Waals surface area contributed by atoms with Crippen LogP contribution in [-0.4, -0.2) is 23.3 Å². The predicted octanol–water partition coefficient (Wildman–Crippen LogP) is 1.72. The molecule has 90 valence electrons. The molecule has 0 amide bonds. The Kier molecular flexibility index (Phi) is 3.90. The standard InChI is InChI=1S/C13H16N2O2/c14-13-5-3-11-8-10(2-4-12(11)15-13)9-17-7-1-6-16/h2-5,8,16H,1,6-7,9H2,(H2,14,15). The van der Waals surface area contributed by atoms with Gasteiger partial charge in [0.05, 0.1) is 12.1 Å². The molecule has 4 nitrogen and oxygen atoms in total. The lowest BCUT2D eigenvalue weighted by atomic mass is 10.1. The number of aliphatic hydroxyl groups is 1. The first-order valence-corrected chi connectivity index (χ1v) is 5.63. The van der Waals surface area contributed by atoms with Gasteiger partial charge in [-0.15, -0.1) is 0 Å². The van der Waals surface area contributed by atoms with E-state index in [0.29, 0.717) is 25.5 Å². The largest absolute Gasteiger partial charge is 0.396 e. The van der Waals surface area contributed by atoms with Gasteiger partial charge >= 0.3 is 0 Å². The normalized spacial score (nSPS) is 10.9. The fourth-order valence-electron chi connectivity index (χ4n) is 1.64. The molecule has 0 unspecified atom stereocenters. The lowest BCUT2D eigenvalue weighted by Crippen LogP contribution is -1.98. The van der Waals surface area contributed by atoms with E-state index in [4.69, 9.17) is 15.6 Å². The number of hydrogen-bond donors (Lipinski definition) is 2. The van der Waals surface area contributed by atoms with E-state index in [1.54, 1.807) is 6.07 Å². The molecule has 0 atom stereocenters. The summed E-state index contributed by atoms with van der Waals surface area (Å²) >= 11 is 0. The van der Waals surface area contributed by atoms with Crippen LogP contribution in [0.2, 0.25) is 0 Å². The van der Waals surface area contributed by atoms with E-state index in [0.717, 1.165) is 16.5 Å². The minimum atomic E-state index is 0.168. The molecule has 2 rings (SSSR count). The smallest absolute Gasteiger partial charge is 0.124 e. The summed E-state index contributed by atoms with van der Waals surface area (Å²) in [6, 6.07) is 9.71. The topological polar surface area (TPSA) is 68.4 Å². The molecule has 0 aliphatic heterocycles. The van der Waals surface area contributed by atoms with E-state index in [-0.39, 0.29) is 6.61 Å². The van der Waals surface area contributed by atoms with Gasteiger partial charge in [-0.2, -0.15) is 0 Å². The summed E-state index contributed by atoms with van der Waals surface area (Å²) in [5, 5.41) is 9.69. The summed E-state index contributed by atoms with van der Waals surface area (Å²) in [6.45, 7) is 1.30. The summed E-state index contributed by atoms with van der Waals surface area (Å²) < 4.78 is 5.43. The van der Waals surface area contributed by atoms with Crippen molar-refractivity contribution >= 4 is 16.7 Å². The van der Waals surface area contributed by atoms with Crippen LogP contribution < -0.4 is 5.73 Å². The quantitative estimate of drug-likeness (QED) is 0.770. The van der Waals surface area contributed by atoms with Crippen molar-refractivity contribution in [2.24, 2.45) is 0 Å². The Bertz CT molecular complexity index is 500. The van der Waals surface area contributed by atoms with Crippen LogP contribution in [0.4, 0.5) is 5.82 Å². The number of rotatable bonds is 5. The van der Waals surface area contributed by atoms with Crippen LogP contribution >= 0.6 is 0 Å². The Labute approximate surface area is 100 Å². The van der Waals surface area contributed by atoms with Crippen molar-refractivity contribution in [3.63, 3.8) is 0 Å². The Morgan fingerprint density at radius 3 is 2.94 bits per heavy atom. The first-order valence-electron chi connectivity index (χ1n) is 5.63. The van der Waals surface area contributed by atoms with Gasteiger partial charge in [0, 0.05) is 18.6 Å². The molecule has 2 aromatic rings. The molecule has 17 heavy (non-hydrogen) atoms. The Morgan fingerprint density at radius 1 is 1.24 bits per heavy atom. The molecule has 4 heteroatoms. The molecule has 0 aliphatic rings. The summed E-state index contributed by atoms with van der Waals surface area (Å²) in [5.41, 5.74) is 7.61. The van der Waals surface area contributed by atoms with Gasteiger partial charge in [0.1, 0.15) is 5.82 Å². The molecule has 1 aromatic carbocycles. The minimum absolute atomic E-state index is 0.168. The molecular weight excluding hydrogens is 216 g/mol. The molecule has 0 spiro atoms. The zero-order valence-electron chi connectivity index (χ0n) is 9.60. The van der Waals surface area contributed by atoms with E-state index >= 15 is 0 Å². The Morgan fingerprint density at radius 2 is 2.12 bits per heavy atom. The summed E-state index contributed by atoms with van der Waals surface area (Å²) in [6.07, 6.45) is 0.672. The minimum Gasteiger partial charge on any atom is -0.396 e. The van der Waals surface area contributed by atoms with E-state index in [2.05, 4.69) is 4.98 Å². The number of ether oxygens (including phenoxy) is 1. The highest BCUT2D eigenvalue weighted by Gasteiger charge is 1.99. The van der Waals surface area contributed by atoms with Gasteiger partial charge in [-0.25, -0.2) is 4.98 Å². The number of nitrogens with zero attached hydrogens (tertiary/aromatic N) is 1. The number of fused-ring (bicyclic) bond motifs is 1. The second-order valence-electron chi connectivity index (χ2n) is 3.89. The number of aliphatic hydroxyl groups excluding tert-OH is 1. The van der Waals surface area contributed by atoms with Crippen molar-refractivity contribution in [3.05, 3.63) is 35.9 Å². The van der Waals surface area contributed by atoms with Crippen LogP contribution in [0.1, 0.15) is 12.0 Å². The van der Waals surface area contributed by atoms with Gasteiger partial charge < -0.3 is 15.6 Å². The van der Waals surface area contributed by atoms with E-state index in [1.165, 1.54) is 0 Å². The van der Waals surface area contributed by atoms with Crippen LogP contribution in [0.3, 0.4) is 0 Å². The van der Waals surface area contributed by atoms with Crippen LogP contribution in [0.15, 0.2) is 30.3 Å². The number of benzene rings is 1. The van der Waals surface area contributed by atoms with Gasteiger partial charge in [0.25, 0.3) is 0 Å². The summed E-state index contributed by atoms with van der Waals surface area (Å²) in [4.78, 5) is 4.23. The second-order valence-corrected chi connectivity index (χ2v) is 3.89. The van der Waals surface area contributed by atoms with Gasteiger partial charge in [0.2, 0.25) is 0 Å². The van der Waals surface area contributed by atoms with Gasteiger partial charge in [-0.3, -0.25) is 0 Å². The van der Waals surface area contributed by atoms with Crippen LogP contribution in [0, 0.1) is 0 Å². The third kappa shape index (κ3) is 3.15. The number of nitrogen functional groups attached to an aromatic ring is 1. The summed E-state index contributed by atoms with van der Waals surface area (Å²) in [5.74, 6) is 0.532. The average Bonchev–Trinajstić information content (AvgIpc) is 2.35. The highest BCUT2D eigenvalue weighted by molar-refractivity contribution is 5.80. The fraction of sp³-hybridized carbons (Fsp3) is 0.308. The van der Waals surface area contributed by atoms with Gasteiger partial charge in [-0.05, 0) is 36.2 Å². The maximum Gasteiger partial charge on any atom is 0.124 e. The predicted molar refractivity (Wildman–Crippen MR) is 67.5 cm³/mol. The third-order valence-electron chi connectivity index (χ3n) is 2.49. The molecule has 0 fully saturated rings. The molecule has 0 saturated heterocycles. The Hall–Kier alpha value is -1.65. The van der Waals surface area contributed by atoms with E-state index < -0.39 is 0 Å². The molecule has 1 aromatic heterocycles. The van der Waals surface area contributed by atoms with E-state index in [1.807, 2.05) is 24.3 Å². The molecule has 3 N–H and O–H groups in total. The number of hydrogen-bond acceptors (Lipinski definition) is 4. The number of pyridine rings is 1.